The minimum atomic E-state index is -1.10. The highest BCUT2D eigenvalue weighted by molar-refractivity contribution is 6.30. The van der Waals surface area contributed by atoms with Gasteiger partial charge in [-0.25, -0.2) is 4.79 Å². The quantitative estimate of drug-likeness (QED) is 0.909. The highest BCUT2D eigenvalue weighted by Gasteiger charge is 2.14. The van der Waals surface area contributed by atoms with E-state index in [1.165, 1.54) is 6.07 Å². The van der Waals surface area contributed by atoms with Gasteiger partial charge in [0.15, 0.2) is 5.15 Å². The molecule has 0 saturated carbocycles. The van der Waals surface area contributed by atoms with Crippen LogP contribution in [0.4, 0.5) is 0 Å². The molecule has 1 N–H and O–H groups in total. The highest BCUT2D eigenvalue weighted by Crippen LogP contribution is 2.24. The molecule has 17 heavy (non-hydrogen) atoms. The summed E-state index contributed by atoms with van der Waals surface area (Å²) in [5.74, 6) is -1.10. The van der Waals surface area contributed by atoms with Crippen LogP contribution in [-0.2, 0) is 0 Å². The van der Waals surface area contributed by atoms with E-state index in [-0.39, 0.29) is 16.4 Å². The number of aromatic nitrogens is 2. The molecule has 1 aromatic carbocycles. The maximum atomic E-state index is 11.1. The molecule has 0 aliphatic carbocycles. The molecule has 0 bridgehead atoms. The minimum Gasteiger partial charge on any atom is -0.478 e. The van der Waals surface area contributed by atoms with Crippen LogP contribution in [0, 0.1) is 0 Å². The molecular formula is C11H6Cl2N2O2. The van der Waals surface area contributed by atoms with Gasteiger partial charge in [-0.1, -0.05) is 35.3 Å². The number of rotatable bonds is 2. The molecule has 0 unspecified atom stereocenters. The third-order valence-electron chi connectivity index (χ3n) is 2.11. The van der Waals surface area contributed by atoms with Crippen LogP contribution >= 0.6 is 23.2 Å². The van der Waals surface area contributed by atoms with Crippen LogP contribution in [0.25, 0.3) is 11.3 Å². The molecule has 1 aromatic heterocycles. The lowest BCUT2D eigenvalue weighted by Crippen LogP contribution is -2.03. The highest BCUT2D eigenvalue weighted by atomic mass is 35.5. The second-order valence-corrected chi connectivity index (χ2v) is 4.07. The summed E-state index contributed by atoms with van der Waals surface area (Å²) in [6.07, 6.45) is 0. The number of halogens is 2. The van der Waals surface area contributed by atoms with Gasteiger partial charge in [-0.15, -0.1) is 10.2 Å². The van der Waals surface area contributed by atoms with Crippen LogP contribution in [0.3, 0.4) is 0 Å². The topological polar surface area (TPSA) is 63.1 Å². The maximum Gasteiger partial charge on any atom is 0.338 e. The van der Waals surface area contributed by atoms with Crippen molar-refractivity contribution in [3.63, 3.8) is 0 Å². The number of carboxylic acids is 1. The molecule has 0 fully saturated rings. The van der Waals surface area contributed by atoms with Gasteiger partial charge in [0, 0.05) is 10.6 Å². The predicted molar refractivity (Wildman–Crippen MR) is 64.4 cm³/mol. The predicted octanol–water partition coefficient (Wildman–Crippen LogP) is 3.15. The lowest BCUT2D eigenvalue weighted by atomic mass is 10.1. The van der Waals surface area contributed by atoms with E-state index in [2.05, 4.69) is 10.2 Å². The summed E-state index contributed by atoms with van der Waals surface area (Å²) in [5.41, 5.74) is 0.891. The third-order valence-corrected chi connectivity index (χ3v) is 2.55. The summed E-state index contributed by atoms with van der Waals surface area (Å²) in [6, 6.07) is 7.91. The summed E-state index contributed by atoms with van der Waals surface area (Å²) >= 11 is 11.4. The number of hydrogen-bond donors (Lipinski definition) is 1. The Hall–Kier alpha value is -1.65. The summed E-state index contributed by atoms with van der Waals surface area (Å²) in [4.78, 5) is 11.1. The number of benzene rings is 1. The summed E-state index contributed by atoms with van der Waals surface area (Å²) in [5, 5.41) is 17.1. The van der Waals surface area contributed by atoms with Crippen molar-refractivity contribution >= 4 is 29.2 Å². The van der Waals surface area contributed by atoms with Crippen LogP contribution in [-0.4, -0.2) is 21.3 Å². The third kappa shape index (κ3) is 2.54. The molecule has 0 saturated heterocycles. The van der Waals surface area contributed by atoms with Crippen LogP contribution in [0.5, 0.6) is 0 Å². The molecule has 86 valence electrons. The van der Waals surface area contributed by atoms with Gasteiger partial charge in [-0.2, -0.15) is 0 Å². The van der Waals surface area contributed by atoms with Gasteiger partial charge < -0.3 is 5.11 Å². The van der Waals surface area contributed by atoms with Crippen LogP contribution in [0.1, 0.15) is 10.4 Å². The Morgan fingerprint density at radius 3 is 2.35 bits per heavy atom. The molecule has 0 atom stereocenters. The Morgan fingerprint density at radius 1 is 1.12 bits per heavy atom. The van der Waals surface area contributed by atoms with Crippen LogP contribution < -0.4 is 0 Å². The van der Waals surface area contributed by atoms with E-state index in [1.54, 1.807) is 24.3 Å². The molecule has 1 heterocycles. The Bertz CT molecular complexity index is 570. The van der Waals surface area contributed by atoms with Crippen molar-refractivity contribution in [1.29, 1.82) is 0 Å². The van der Waals surface area contributed by atoms with Gasteiger partial charge >= 0.3 is 5.97 Å². The molecule has 0 amide bonds. The fourth-order valence-corrected chi connectivity index (χ4v) is 1.62. The molecule has 2 rings (SSSR count). The van der Waals surface area contributed by atoms with Gasteiger partial charge in [-0.05, 0) is 18.2 Å². The maximum absolute atomic E-state index is 11.1. The molecule has 6 heteroatoms. The first kappa shape index (κ1) is 11.8. The fraction of sp³-hybridized carbons (Fsp3) is 0. The smallest absolute Gasteiger partial charge is 0.338 e. The average Bonchev–Trinajstić information content (AvgIpc) is 2.30. The first-order valence-electron chi connectivity index (χ1n) is 4.60. The molecular weight excluding hydrogens is 263 g/mol. The number of nitrogens with zero attached hydrogens (tertiary/aromatic N) is 2. The largest absolute Gasteiger partial charge is 0.478 e. The monoisotopic (exact) mass is 268 g/mol. The second-order valence-electron chi connectivity index (χ2n) is 3.24. The van der Waals surface area contributed by atoms with E-state index in [0.29, 0.717) is 10.6 Å². The zero-order valence-electron chi connectivity index (χ0n) is 8.39. The fourth-order valence-electron chi connectivity index (χ4n) is 1.35. The van der Waals surface area contributed by atoms with Crippen molar-refractivity contribution in [3.05, 3.63) is 46.1 Å². The van der Waals surface area contributed by atoms with Gasteiger partial charge in [0.1, 0.15) is 5.69 Å². The molecule has 0 aliphatic rings. The first-order chi connectivity index (χ1) is 8.08. The number of carbonyl (C=O) groups is 1. The summed E-state index contributed by atoms with van der Waals surface area (Å²) in [7, 11) is 0. The molecule has 0 radical (unpaired) electrons. The Balaban J connectivity index is 2.58. The molecule has 0 aliphatic heterocycles. The van der Waals surface area contributed by atoms with E-state index in [9.17, 15) is 4.79 Å². The number of carboxylic acid groups (broad SMARTS) is 1. The minimum absolute atomic E-state index is 0.00678. The van der Waals surface area contributed by atoms with Crippen molar-refractivity contribution < 1.29 is 9.90 Å². The zero-order valence-corrected chi connectivity index (χ0v) is 9.90. The van der Waals surface area contributed by atoms with Crippen molar-refractivity contribution in [2.75, 3.05) is 0 Å². The van der Waals surface area contributed by atoms with Gasteiger partial charge in [0.05, 0.1) is 5.56 Å². The lowest BCUT2D eigenvalue weighted by Gasteiger charge is -2.04. The van der Waals surface area contributed by atoms with E-state index >= 15 is 0 Å². The lowest BCUT2D eigenvalue weighted by molar-refractivity contribution is 0.0697. The number of hydrogen-bond acceptors (Lipinski definition) is 3. The molecule has 4 nitrogen and oxygen atoms in total. The van der Waals surface area contributed by atoms with E-state index in [1.807, 2.05) is 0 Å². The summed E-state index contributed by atoms with van der Waals surface area (Å²) in [6.45, 7) is 0. The Kier molecular flexibility index (Phi) is 3.26. The average molecular weight is 269 g/mol. The number of aromatic carboxylic acids is 1. The van der Waals surface area contributed by atoms with Gasteiger partial charge in [0.2, 0.25) is 0 Å². The first-order valence-corrected chi connectivity index (χ1v) is 5.36. The van der Waals surface area contributed by atoms with E-state index < -0.39 is 5.97 Å². The van der Waals surface area contributed by atoms with E-state index in [4.69, 9.17) is 28.3 Å². The zero-order chi connectivity index (χ0) is 12.4. The molecule has 0 spiro atoms. The van der Waals surface area contributed by atoms with E-state index in [0.717, 1.165) is 0 Å². The van der Waals surface area contributed by atoms with Gasteiger partial charge in [-0.3, -0.25) is 0 Å². The second kappa shape index (κ2) is 4.69. The van der Waals surface area contributed by atoms with Crippen molar-refractivity contribution in [2.24, 2.45) is 0 Å². The van der Waals surface area contributed by atoms with Crippen molar-refractivity contribution in [3.8, 4) is 11.3 Å². The SMILES string of the molecule is O=C(O)c1cc(Cl)nnc1-c1ccc(Cl)cc1. The van der Waals surface area contributed by atoms with Crippen molar-refractivity contribution in [2.45, 2.75) is 0 Å². The Labute approximate surface area is 107 Å². The van der Waals surface area contributed by atoms with Crippen LogP contribution in [0.2, 0.25) is 10.2 Å². The standard InChI is InChI=1S/C11H6Cl2N2O2/c12-7-3-1-6(2-4-7)10-8(11(16)17)5-9(13)14-15-10/h1-5H,(H,16,17). The van der Waals surface area contributed by atoms with Gasteiger partial charge in [0.25, 0.3) is 0 Å². The normalized spacial score (nSPS) is 10.2. The molecule has 2 aromatic rings. The Morgan fingerprint density at radius 2 is 1.76 bits per heavy atom. The van der Waals surface area contributed by atoms with Crippen molar-refractivity contribution in [1.82, 2.24) is 10.2 Å². The van der Waals surface area contributed by atoms with Crippen LogP contribution in [0.15, 0.2) is 30.3 Å². The summed E-state index contributed by atoms with van der Waals surface area (Å²) < 4.78 is 0.